The van der Waals surface area contributed by atoms with Crippen LogP contribution in [-0.4, -0.2) is 43.5 Å². The van der Waals surface area contributed by atoms with Gasteiger partial charge in [-0.15, -0.1) is 0 Å². The molecule has 0 fully saturated rings. The van der Waals surface area contributed by atoms with Crippen LogP contribution in [0.2, 0.25) is 0 Å². The number of nitrogens with one attached hydrogen (secondary N) is 2. The summed E-state index contributed by atoms with van der Waals surface area (Å²) >= 11 is 0. The van der Waals surface area contributed by atoms with Crippen LogP contribution in [-0.2, 0) is 11.0 Å². The van der Waals surface area contributed by atoms with Crippen LogP contribution >= 0.6 is 0 Å². The molecule has 0 saturated carbocycles. The molecule has 1 aliphatic heterocycles. The molecule has 0 unspecified atom stereocenters. The Labute approximate surface area is 214 Å². The standard InChI is InChI=1S/C28H28N6O3/c1-27(2)16-34(26(36)37)28(3,4)22-13-18(7-8-21(22)27)33-25(35)20-6-5-10-30-24(20)32-19-12-17-14-29-11-9-23(17)31-15-19/h5-15H,16H2,1-4H3,(H,30,32)(H,33,35)(H,36,37). The van der Waals surface area contributed by atoms with Crippen LogP contribution in [0.1, 0.15) is 49.2 Å². The fourth-order valence-electron chi connectivity index (χ4n) is 4.91. The summed E-state index contributed by atoms with van der Waals surface area (Å²) in [7, 11) is 0. The number of hydrogen-bond acceptors (Lipinski definition) is 6. The van der Waals surface area contributed by atoms with Crippen molar-refractivity contribution in [2.24, 2.45) is 0 Å². The maximum absolute atomic E-state index is 13.3. The van der Waals surface area contributed by atoms with Gasteiger partial charge in [0, 0.05) is 41.6 Å². The summed E-state index contributed by atoms with van der Waals surface area (Å²) in [6, 6.07) is 12.8. The summed E-state index contributed by atoms with van der Waals surface area (Å²) in [5.41, 5.74) is 3.25. The van der Waals surface area contributed by atoms with Gasteiger partial charge in [-0.05, 0) is 61.4 Å². The van der Waals surface area contributed by atoms with Crippen molar-refractivity contribution < 1.29 is 14.7 Å². The van der Waals surface area contributed by atoms with E-state index in [-0.39, 0.29) is 11.3 Å². The van der Waals surface area contributed by atoms with Crippen molar-refractivity contribution in [2.45, 2.75) is 38.6 Å². The molecule has 9 nitrogen and oxygen atoms in total. The number of hydrogen-bond donors (Lipinski definition) is 3. The topological polar surface area (TPSA) is 120 Å². The molecule has 3 aromatic heterocycles. The summed E-state index contributed by atoms with van der Waals surface area (Å²) in [5.74, 6) is 0.0513. The van der Waals surface area contributed by atoms with Crippen molar-refractivity contribution in [3.8, 4) is 0 Å². The highest BCUT2D eigenvalue weighted by Crippen LogP contribution is 2.44. The van der Waals surface area contributed by atoms with E-state index >= 15 is 0 Å². The van der Waals surface area contributed by atoms with Gasteiger partial charge in [0.2, 0.25) is 0 Å². The number of pyridine rings is 3. The van der Waals surface area contributed by atoms with Gasteiger partial charge in [-0.1, -0.05) is 19.9 Å². The molecule has 0 aliphatic carbocycles. The molecule has 2 amide bonds. The largest absolute Gasteiger partial charge is 0.465 e. The van der Waals surface area contributed by atoms with Gasteiger partial charge in [0.25, 0.3) is 5.91 Å². The Kier molecular flexibility index (Phi) is 5.78. The molecule has 1 aromatic carbocycles. The minimum Gasteiger partial charge on any atom is -0.465 e. The van der Waals surface area contributed by atoms with E-state index in [1.165, 1.54) is 4.90 Å². The second kappa shape index (κ2) is 8.85. The van der Waals surface area contributed by atoms with Gasteiger partial charge in [0.05, 0.1) is 28.5 Å². The Morgan fingerprint density at radius 1 is 0.946 bits per heavy atom. The Bertz CT molecular complexity index is 1530. The highest BCUT2D eigenvalue weighted by atomic mass is 16.4. The monoisotopic (exact) mass is 496 g/mol. The van der Waals surface area contributed by atoms with E-state index < -0.39 is 11.6 Å². The molecule has 4 heterocycles. The summed E-state index contributed by atoms with van der Waals surface area (Å²) in [6.45, 7) is 8.22. The lowest BCUT2D eigenvalue weighted by Gasteiger charge is -2.49. The normalized spacial score (nSPS) is 15.6. The number of amides is 2. The predicted molar refractivity (Wildman–Crippen MR) is 142 cm³/mol. The maximum atomic E-state index is 13.3. The number of benzene rings is 1. The molecule has 9 heteroatoms. The van der Waals surface area contributed by atoms with Crippen LogP contribution in [0.15, 0.2) is 67.3 Å². The van der Waals surface area contributed by atoms with Gasteiger partial charge in [0.1, 0.15) is 5.82 Å². The highest BCUT2D eigenvalue weighted by Gasteiger charge is 2.45. The van der Waals surface area contributed by atoms with Gasteiger partial charge >= 0.3 is 6.09 Å². The number of fused-ring (bicyclic) bond motifs is 2. The minimum atomic E-state index is -0.969. The van der Waals surface area contributed by atoms with Crippen molar-refractivity contribution in [1.29, 1.82) is 0 Å². The second-order valence-corrected chi connectivity index (χ2v) is 10.3. The van der Waals surface area contributed by atoms with E-state index in [0.29, 0.717) is 29.3 Å². The molecule has 3 N–H and O–H groups in total. The molecule has 0 bridgehead atoms. The van der Waals surface area contributed by atoms with Crippen LogP contribution in [0.5, 0.6) is 0 Å². The maximum Gasteiger partial charge on any atom is 0.408 e. The van der Waals surface area contributed by atoms with E-state index in [2.05, 4.69) is 25.6 Å². The smallest absolute Gasteiger partial charge is 0.408 e. The quantitative estimate of drug-likeness (QED) is 0.340. The van der Waals surface area contributed by atoms with Crippen LogP contribution in [0.25, 0.3) is 10.9 Å². The Hall–Kier alpha value is -4.53. The van der Waals surface area contributed by atoms with Crippen molar-refractivity contribution in [1.82, 2.24) is 19.9 Å². The Balaban J connectivity index is 1.44. The first-order chi connectivity index (χ1) is 17.6. The molecule has 0 radical (unpaired) electrons. The number of anilines is 3. The summed E-state index contributed by atoms with van der Waals surface area (Å²) in [6.07, 6.45) is 5.73. The Morgan fingerprint density at radius 3 is 2.54 bits per heavy atom. The third kappa shape index (κ3) is 4.44. The van der Waals surface area contributed by atoms with Crippen molar-refractivity contribution >= 4 is 40.1 Å². The van der Waals surface area contributed by atoms with Crippen LogP contribution in [0, 0.1) is 0 Å². The lowest BCUT2D eigenvalue weighted by Crippen LogP contribution is -2.55. The first kappa shape index (κ1) is 24.2. The average Bonchev–Trinajstić information content (AvgIpc) is 2.86. The van der Waals surface area contributed by atoms with Crippen molar-refractivity contribution in [2.75, 3.05) is 17.2 Å². The molecule has 37 heavy (non-hydrogen) atoms. The molecule has 5 rings (SSSR count). The molecule has 188 valence electrons. The van der Waals surface area contributed by atoms with Gasteiger partial charge < -0.3 is 15.7 Å². The number of rotatable bonds is 4. The highest BCUT2D eigenvalue weighted by molar-refractivity contribution is 6.08. The summed E-state index contributed by atoms with van der Waals surface area (Å²) in [4.78, 5) is 39.7. The van der Waals surface area contributed by atoms with Crippen molar-refractivity contribution in [3.05, 3.63) is 83.9 Å². The zero-order chi connectivity index (χ0) is 26.4. The Morgan fingerprint density at radius 2 is 1.76 bits per heavy atom. The summed E-state index contributed by atoms with van der Waals surface area (Å²) < 4.78 is 0. The van der Waals surface area contributed by atoms with E-state index in [1.54, 1.807) is 36.9 Å². The zero-order valence-corrected chi connectivity index (χ0v) is 21.1. The van der Waals surface area contributed by atoms with Gasteiger partial charge in [0.15, 0.2) is 0 Å². The van der Waals surface area contributed by atoms with Crippen LogP contribution in [0.3, 0.4) is 0 Å². The number of carbonyl (C=O) groups excluding carboxylic acids is 1. The number of carbonyl (C=O) groups is 2. The fraction of sp³-hybridized carbons (Fsp3) is 0.250. The fourth-order valence-corrected chi connectivity index (χ4v) is 4.91. The number of aromatic nitrogens is 3. The number of carboxylic acid groups (broad SMARTS) is 1. The molecular weight excluding hydrogens is 468 g/mol. The van der Waals surface area contributed by atoms with Crippen LogP contribution in [0.4, 0.5) is 22.0 Å². The third-order valence-electron chi connectivity index (χ3n) is 6.92. The van der Waals surface area contributed by atoms with E-state index in [0.717, 1.165) is 22.0 Å². The van der Waals surface area contributed by atoms with Gasteiger partial charge in [-0.25, -0.2) is 9.78 Å². The second-order valence-electron chi connectivity index (χ2n) is 10.3. The molecule has 1 aliphatic rings. The molecule has 0 spiro atoms. The first-order valence-electron chi connectivity index (χ1n) is 11.9. The molecular formula is C28H28N6O3. The molecule has 0 saturated heterocycles. The predicted octanol–water partition coefficient (Wildman–Crippen LogP) is 5.53. The van der Waals surface area contributed by atoms with Gasteiger partial charge in [-0.2, -0.15) is 0 Å². The lowest BCUT2D eigenvalue weighted by atomic mass is 9.71. The summed E-state index contributed by atoms with van der Waals surface area (Å²) in [5, 5.41) is 16.9. The SMILES string of the molecule is CC1(C)CN(C(=O)O)C(C)(C)c2cc(NC(=O)c3cccnc3Nc3cnc4ccncc4c3)ccc21. The first-order valence-corrected chi connectivity index (χ1v) is 11.9. The van der Waals surface area contributed by atoms with E-state index in [4.69, 9.17) is 0 Å². The third-order valence-corrected chi connectivity index (χ3v) is 6.92. The minimum absolute atomic E-state index is 0.339. The van der Waals surface area contributed by atoms with E-state index in [9.17, 15) is 14.7 Å². The molecule has 0 atom stereocenters. The number of nitrogens with zero attached hydrogens (tertiary/aromatic N) is 4. The van der Waals surface area contributed by atoms with Crippen molar-refractivity contribution in [3.63, 3.8) is 0 Å². The zero-order valence-electron chi connectivity index (χ0n) is 21.1. The van der Waals surface area contributed by atoms with E-state index in [1.807, 2.05) is 58.0 Å². The molecule has 4 aromatic rings. The van der Waals surface area contributed by atoms with Gasteiger partial charge in [-0.3, -0.25) is 19.7 Å². The lowest BCUT2D eigenvalue weighted by molar-refractivity contribution is 0.0651. The van der Waals surface area contributed by atoms with Crippen LogP contribution < -0.4 is 10.6 Å². The average molecular weight is 497 g/mol.